The van der Waals surface area contributed by atoms with Crippen molar-refractivity contribution >= 4 is 7.60 Å². The molecule has 0 fully saturated rings. The van der Waals surface area contributed by atoms with E-state index in [-0.39, 0.29) is 12.1 Å². The highest BCUT2D eigenvalue weighted by Crippen LogP contribution is 2.60. The summed E-state index contributed by atoms with van der Waals surface area (Å²) in [6.45, 7) is 0. The Morgan fingerprint density at radius 1 is 0.658 bits per heavy atom. The highest BCUT2D eigenvalue weighted by Gasteiger charge is 2.89. The standard InChI is InChI=1S/C16H8F17O4P/c17-8(9(18)11(21,22)15(29,30)31)10(19,20)12(23,24)13(25,26)14(27,28)16(32,33)37-7-3-1-6(2-4-7)5-38(34,35)36/h1-4H,5H2,(H2,34,35,36)/b9-8+. The molecule has 2 N–H and O–H groups in total. The molecule has 1 aromatic rings. The summed E-state index contributed by atoms with van der Waals surface area (Å²) >= 11 is 0. The molecule has 0 spiro atoms. The number of halogens is 17. The van der Waals surface area contributed by atoms with Crippen LogP contribution in [0.4, 0.5) is 74.6 Å². The number of hydrogen-bond donors (Lipinski definition) is 2. The molecule has 4 nitrogen and oxygen atoms in total. The molecule has 22 heteroatoms. The third-order valence-electron chi connectivity index (χ3n) is 4.21. The third kappa shape index (κ3) is 5.83. The van der Waals surface area contributed by atoms with E-state index >= 15 is 0 Å². The second-order valence-electron chi connectivity index (χ2n) is 7.08. The molecule has 0 aliphatic heterocycles. The minimum Gasteiger partial charge on any atom is -0.428 e. The van der Waals surface area contributed by atoms with Crippen molar-refractivity contribution in [1.29, 1.82) is 0 Å². The van der Waals surface area contributed by atoms with Gasteiger partial charge in [0.2, 0.25) is 11.7 Å². The van der Waals surface area contributed by atoms with Crippen molar-refractivity contribution in [2.45, 2.75) is 48.1 Å². The van der Waals surface area contributed by atoms with Crippen molar-refractivity contribution in [2.24, 2.45) is 0 Å². The van der Waals surface area contributed by atoms with Crippen LogP contribution in [0.3, 0.4) is 0 Å². The van der Waals surface area contributed by atoms with Crippen molar-refractivity contribution in [3.63, 3.8) is 0 Å². The van der Waals surface area contributed by atoms with E-state index < -0.39 is 78.6 Å². The van der Waals surface area contributed by atoms with Crippen LogP contribution >= 0.6 is 7.60 Å². The SMILES string of the molecule is O=P(O)(O)Cc1ccc(OC(F)(F)C(F)(F)C(F)(F)C(F)(F)C(F)(F)/C(F)=C(\F)C(F)(F)C(F)(F)F)cc1. The van der Waals surface area contributed by atoms with E-state index in [0.717, 1.165) is 0 Å². The Kier molecular flexibility index (Phi) is 8.64. The van der Waals surface area contributed by atoms with E-state index in [1.165, 1.54) is 0 Å². The Morgan fingerprint density at radius 3 is 1.42 bits per heavy atom. The van der Waals surface area contributed by atoms with Crippen LogP contribution in [-0.2, 0) is 10.7 Å². The van der Waals surface area contributed by atoms with E-state index in [4.69, 9.17) is 9.79 Å². The maximum Gasteiger partial charge on any atom is 0.471 e. The first kappa shape index (κ1) is 33.7. The van der Waals surface area contributed by atoms with Crippen molar-refractivity contribution in [3.05, 3.63) is 41.5 Å². The number of rotatable bonds is 10. The largest absolute Gasteiger partial charge is 0.471 e. The van der Waals surface area contributed by atoms with Crippen molar-refractivity contribution in [1.82, 2.24) is 0 Å². The van der Waals surface area contributed by atoms with Gasteiger partial charge in [0.25, 0.3) is 0 Å². The summed E-state index contributed by atoms with van der Waals surface area (Å²) in [5.74, 6) is -52.0. The molecule has 0 atom stereocenters. The van der Waals surface area contributed by atoms with Crippen LogP contribution < -0.4 is 4.74 Å². The van der Waals surface area contributed by atoms with Crippen LogP contribution in [0.15, 0.2) is 35.9 Å². The molecule has 0 amide bonds. The maximum atomic E-state index is 13.8. The normalized spacial score (nSPS) is 15.9. The van der Waals surface area contributed by atoms with Gasteiger partial charge in [0.15, 0.2) is 0 Å². The number of ether oxygens (including phenoxy) is 1. The first-order valence-electron chi connectivity index (χ1n) is 8.69. The van der Waals surface area contributed by atoms with E-state index in [0.29, 0.717) is 12.1 Å². The molecule has 0 saturated carbocycles. The number of allylic oxidation sites excluding steroid dienone is 2. The van der Waals surface area contributed by atoms with Gasteiger partial charge in [-0.25, -0.2) is 8.78 Å². The van der Waals surface area contributed by atoms with Crippen LogP contribution in [0.1, 0.15) is 5.56 Å². The van der Waals surface area contributed by atoms with Crippen LogP contribution in [0.2, 0.25) is 0 Å². The van der Waals surface area contributed by atoms with E-state index in [1.54, 1.807) is 0 Å². The molecule has 38 heavy (non-hydrogen) atoms. The van der Waals surface area contributed by atoms with E-state index in [9.17, 15) is 79.2 Å². The zero-order valence-corrected chi connectivity index (χ0v) is 18.0. The lowest BCUT2D eigenvalue weighted by Crippen LogP contribution is -2.68. The monoisotopic (exact) mass is 618 g/mol. The number of hydrogen-bond acceptors (Lipinski definition) is 2. The summed E-state index contributed by atoms with van der Waals surface area (Å²) in [6, 6.07) is 1.15. The van der Waals surface area contributed by atoms with Crippen LogP contribution in [0, 0.1) is 0 Å². The third-order valence-corrected chi connectivity index (χ3v) is 4.98. The van der Waals surface area contributed by atoms with Gasteiger partial charge in [-0.2, -0.15) is 65.9 Å². The Labute approximate surface area is 197 Å². The van der Waals surface area contributed by atoms with Gasteiger partial charge >= 0.3 is 49.5 Å². The Hall–Kier alpha value is -2.28. The molecule has 1 aromatic carbocycles. The smallest absolute Gasteiger partial charge is 0.428 e. The Bertz CT molecular complexity index is 1090. The first-order valence-corrected chi connectivity index (χ1v) is 10.5. The second kappa shape index (κ2) is 9.72. The fraction of sp³-hybridized carbons (Fsp3) is 0.500. The molecule has 0 aliphatic carbocycles. The fourth-order valence-electron chi connectivity index (χ4n) is 2.23. The molecule has 0 radical (unpaired) electrons. The molecular formula is C16H8F17O4P. The predicted octanol–water partition coefficient (Wildman–Crippen LogP) is 7.23. The maximum absolute atomic E-state index is 13.8. The highest BCUT2D eigenvalue weighted by molar-refractivity contribution is 7.50. The topological polar surface area (TPSA) is 66.8 Å². The van der Waals surface area contributed by atoms with E-state index in [2.05, 4.69) is 4.74 Å². The van der Waals surface area contributed by atoms with Crippen LogP contribution in [0.5, 0.6) is 5.75 Å². The van der Waals surface area contributed by atoms with Gasteiger partial charge in [-0.05, 0) is 17.7 Å². The molecule has 0 aliphatic rings. The van der Waals surface area contributed by atoms with Gasteiger partial charge in [-0.3, -0.25) is 4.57 Å². The molecule has 0 aromatic heterocycles. The average Bonchev–Trinajstić information content (AvgIpc) is 2.71. The summed E-state index contributed by atoms with van der Waals surface area (Å²) in [7, 11) is -4.80. The average molecular weight is 618 g/mol. The summed E-state index contributed by atoms with van der Waals surface area (Å²) in [6.07, 6.45) is -15.4. The Morgan fingerprint density at radius 2 is 1.05 bits per heavy atom. The quantitative estimate of drug-likeness (QED) is 0.215. The van der Waals surface area contributed by atoms with Gasteiger partial charge < -0.3 is 14.5 Å². The van der Waals surface area contributed by atoms with Crippen molar-refractivity contribution in [3.8, 4) is 5.75 Å². The summed E-state index contributed by atoms with van der Waals surface area (Å²) in [4.78, 5) is 17.4. The van der Waals surface area contributed by atoms with E-state index in [1.807, 2.05) is 0 Å². The minimum absolute atomic E-state index is 0.122. The number of benzene rings is 1. The molecular weight excluding hydrogens is 610 g/mol. The van der Waals surface area contributed by atoms with Crippen molar-refractivity contribution in [2.75, 3.05) is 0 Å². The molecule has 220 valence electrons. The first-order chi connectivity index (χ1) is 16.5. The van der Waals surface area contributed by atoms with Gasteiger partial charge in [0, 0.05) is 0 Å². The minimum atomic E-state index is -8.33. The fourth-order valence-corrected chi connectivity index (χ4v) is 2.91. The Balaban J connectivity index is 3.50. The van der Waals surface area contributed by atoms with Crippen LogP contribution in [-0.4, -0.2) is 51.7 Å². The lowest BCUT2D eigenvalue weighted by Gasteiger charge is -2.38. The van der Waals surface area contributed by atoms with Crippen LogP contribution in [0.25, 0.3) is 0 Å². The molecule has 1 rings (SSSR count). The zero-order valence-electron chi connectivity index (χ0n) is 17.1. The molecule has 0 bridgehead atoms. The zero-order chi connectivity index (χ0) is 30.6. The van der Waals surface area contributed by atoms with Gasteiger partial charge in [-0.1, -0.05) is 12.1 Å². The summed E-state index contributed by atoms with van der Waals surface area (Å²) in [5.41, 5.74) is -0.419. The molecule has 0 unspecified atom stereocenters. The van der Waals surface area contributed by atoms with Gasteiger partial charge in [0.05, 0.1) is 6.16 Å². The lowest BCUT2D eigenvalue weighted by molar-refractivity contribution is -0.428. The summed E-state index contributed by atoms with van der Waals surface area (Å²) < 4.78 is 238. The molecule has 0 saturated heterocycles. The van der Waals surface area contributed by atoms with Gasteiger partial charge in [0.1, 0.15) is 5.75 Å². The lowest BCUT2D eigenvalue weighted by atomic mass is 9.96. The van der Waals surface area contributed by atoms with Gasteiger partial charge in [-0.15, -0.1) is 0 Å². The molecule has 0 heterocycles. The highest BCUT2D eigenvalue weighted by atomic mass is 31.2. The number of alkyl halides is 15. The summed E-state index contributed by atoms with van der Waals surface area (Å²) in [5, 5.41) is 0. The predicted molar refractivity (Wildman–Crippen MR) is 87.8 cm³/mol. The second-order valence-corrected chi connectivity index (χ2v) is 8.73. The van der Waals surface area contributed by atoms with Crippen molar-refractivity contribution < 1.29 is 93.7 Å².